The van der Waals surface area contributed by atoms with E-state index >= 15 is 0 Å². The van der Waals surface area contributed by atoms with Gasteiger partial charge < -0.3 is 4.42 Å². The summed E-state index contributed by atoms with van der Waals surface area (Å²) < 4.78 is 67.6. The van der Waals surface area contributed by atoms with Crippen molar-refractivity contribution in [1.29, 1.82) is 0 Å². The molecule has 0 unspecified atom stereocenters. The predicted octanol–water partition coefficient (Wildman–Crippen LogP) is 2.80. The molecular formula is C14H10F3N3O3S. The van der Waals surface area contributed by atoms with Gasteiger partial charge >= 0.3 is 6.18 Å². The lowest BCUT2D eigenvalue weighted by atomic mass is 10.2. The summed E-state index contributed by atoms with van der Waals surface area (Å²) in [5.74, 6) is 0.188. The first kappa shape index (κ1) is 16.3. The van der Waals surface area contributed by atoms with Gasteiger partial charge in [0.25, 0.3) is 0 Å². The molecule has 0 aliphatic heterocycles. The van der Waals surface area contributed by atoms with Crippen LogP contribution in [0.2, 0.25) is 0 Å². The van der Waals surface area contributed by atoms with E-state index < -0.39 is 21.9 Å². The number of halogens is 3. The molecule has 0 fully saturated rings. The molecule has 3 rings (SSSR count). The van der Waals surface area contributed by atoms with E-state index in [9.17, 15) is 21.6 Å². The molecule has 0 aliphatic rings. The SMILES string of the molecule is NS(=O)(=O)c1ccc(-n2nc(C(F)(F)F)cc2-c2ccco2)cc1. The molecule has 0 saturated heterocycles. The maximum absolute atomic E-state index is 13.0. The summed E-state index contributed by atoms with van der Waals surface area (Å²) in [6, 6.07) is 8.86. The fourth-order valence-electron chi connectivity index (χ4n) is 2.09. The van der Waals surface area contributed by atoms with Crippen molar-refractivity contribution in [1.82, 2.24) is 9.78 Å². The predicted molar refractivity (Wildman–Crippen MR) is 77.6 cm³/mol. The van der Waals surface area contributed by atoms with Crippen molar-refractivity contribution in [3.8, 4) is 17.1 Å². The van der Waals surface area contributed by atoms with Gasteiger partial charge in [-0.25, -0.2) is 18.2 Å². The van der Waals surface area contributed by atoms with Crippen LogP contribution in [0.25, 0.3) is 17.1 Å². The molecule has 0 atom stereocenters. The first-order valence-electron chi connectivity index (χ1n) is 6.50. The second-order valence-corrected chi connectivity index (χ2v) is 6.40. The summed E-state index contributed by atoms with van der Waals surface area (Å²) in [5.41, 5.74) is -0.788. The van der Waals surface area contributed by atoms with Gasteiger partial charge in [0.05, 0.1) is 16.8 Å². The molecule has 24 heavy (non-hydrogen) atoms. The lowest BCUT2D eigenvalue weighted by Gasteiger charge is -2.06. The van der Waals surface area contributed by atoms with Gasteiger partial charge in [0.2, 0.25) is 10.0 Å². The smallest absolute Gasteiger partial charge is 0.435 e. The second-order valence-electron chi connectivity index (χ2n) is 4.84. The van der Waals surface area contributed by atoms with Crippen LogP contribution in [0.1, 0.15) is 5.69 Å². The molecule has 0 radical (unpaired) electrons. The largest absolute Gasteiger partial charge is 0.463 e. The lowest BCUT2D eigenvalue weighted by molar-refractivity contribution is -0.141. The van der Waals surface area contributed by atoms with Crippen LogP contribution in [0.5, 0.6) is 0 Å². The fraction of sp³-hybridized carbons (Fsp3) is 0.0714. The van der Waals surface area contributed by atoms with Gasteiger partial charge in [-0.15, -0.1) is 0 Å². The van der Waals surface area contributed by atoms with Gasteiger partial charge in [0.1, 0.15) is 5.69 Å². The Hall–Kier alpha value is -2.59. The van der Waals surface area contributed by atoms with Crippen LogP contribution in [-0.4, -0.2) is 18.2 Å². The highest BCUT2D eigenvalue weighted by atomic mass is 32.2. The van der Waals surface area contributed by atoms with Crippen LogP contribution in [0.3, 0.4) is 0 Å². The number of aromatic nitrogens is 2. The van der Waals surface area contributed by atoms with Gasteiger partial charge in [-0.2, -0.15) is 18.3 Å². The Morgan fingerprint density at radius 3 is 2.29 bits per heavy atom. The van der Waals surface area contributed by atoms with Crippen LogP contribution in [-0.2, 0) is 16.2 Å². The summed E-state index contributed by atoms with van der Waals surface area (Å²) in [5, 5.41) is 8.55. The number of rotatable bonds is 3. The Morgan fingerprint density at radius 2 is 1.79 bits per heavy atom. The minimum absolute atomic E-state index is 0.0793. The van der Waals surface area contributed by atoms with E-state index in [1.807, 2.05) is 0 Å². The molecule has 2 aromatic heterocycles. The molecule has 6 nitrogen and oxygen atoms in total. The Bertz CT molecular complexity index is 959. The topological polar surface area (TPSA) is 91.1 Å². The maximum Gasteiger partial charge on any atom is 0.435 e. The Labute approximate surface area is 134 Å². The third kappa shape index (κ3) is 3.05. The molecule has 2 heterocycles. The van der Waals surface area contributed by atoms with Crippen LogP contribution in [0, 0.1) is 0 Å². The van der Waals surface area contributed by atoms with Gasteiger partial charge in [0.15, 0.2) is 11.5 Å². The number of sulfonamides is 1. The highest BCUT2D eigenvalue weighted by Crippen LogP contribution is 2.33. The summed E-state index contributed by atoms with van der Waals surface area (Å²) in [7, 11) is -3.90. The molecule has 0 bridgehead atoms. The first-order valence-corrected chi connectivity index (χ1v) is 8.05. The van der Waals surface area contributed by atoms with Crippen LogP contribution < -0.4 is 5.14 Å². The minimum Gasteiger partial charge on any atom is -0.463 e. The van der Waals surface area contributed by atoms with Crippen LogP contribution >= 0.6 is 0 Å². The summed E-state index contributed by atoms with van der Waals surface area (Å²) >= 11 is 0. The highest BCUT2D eigenvalue weighted by molar-refractivity contribution is 7.89. The van der Waals surface area contributed by atoms with E-state index in [4.69, 9.17) is 9.56 Å². The van der Waals surface area contributed by atoms with Crippen molar-refractivity contribution >= 4 is 10.0 Å². The average molecular weight is 357 g/mol. The normalized spacial score (nSPS) is 12.5. The number of primary sulfonamides is 1. The van der Waals surface area contributed by atoms with Crippen LogP contribution in [0.15, 0.2) is 58.0 Å². The summed E-state index contributed by atoms with van der Waals surface area (Å²) in [6.45, 7) is 0. The summed E-state index contributed by atoms with van der Waals surface area (Å²) in [6.07, 6.45) is -3.31. The van der Waals surface area contributed by atoms with Gasteiger partial charge in [-0.05, 0) is 36.4 Å². The number of hydrogen-bond acceptors (Lipinski definition) is 4. The zero-order valence-corrected chi connectivity index (χ0v) is 12.7. The highest BCUT2D eigenvalue weighted by Gasteiger charge is 2.35. The number of benzene rings is 1. The molecule has 3 aromatic rings. The van der Waals surface area contributed by atoms with Crippen molar-refractivity contribution in [3.05, 3.63) is 54.4 Å². The third-order valence-electron chi connectivity index (χ3n) is 3.18. The lowest BCUT2D eigenvalue weighted by Crippen LogP contribution is -2.12. The average Bonchev–Trinajstić information content (AvgIpc) is 3.15. The number of nitrogens with two attached hydrogens (primary N) is 1. The van der Waals surface area contributed by atoms with E-state index in [2.05, 4.69) is 5.10 Å². The van der Waals surface area contributed by atoms with E-state index in [1.54, 1.807) is 0 Å². The molecule has 126 valence electrons. The van der Waals surface area contributed by atoms with Crippen molar-refractivity contribution in [3.63, 3.8) is 0 Å². The van der Waals surface area contributed by atoms with Crippen molar-refractivity contribution in [2.45, 2.75) is 11.1 Å². The quantitative estimate of drug-likeness (QED) is 0.780. The molecule has 0 amide bonds. The summed E-state index contributed by atoms with van der Waals surface area (Å²) in [4.78, 5) is -0.158. The second kappa shape index (κ2) is 5.49. The molecule has 0 saturated carbocycles. The van der Waals surface area contributed by atoms with Gasteiger partial charge in [0, 0.05) is 6.07 Å². The van der Waals surface area contributed by atoms with E-state index in [0.717, 1.165) is 10.7 Å². The van der Waals surface area contributed by atoms with Crippen molar-refractivity contribution in [2.24, 2.45) is 5.14 Å². The van der Waals surface area contributed by atoms with E-state index in [-0.39, 0.29) is 22.0 Å². The van der Waals surface area contributed by atoms with Gasteiger partial charge in [-0.1, -0.05) is 0 Å². The number of nitrogens with zero attached hydrogens (tertiary/aromatic N) is 2. The number of alkyl halides is 3. The Kier molecular flexibility index (Phi) is 3.73. The molecule has 10 heteroatoms. The van der Waals surface area contributed by atoms with Crippen molar-refractivity contribution in [2.75, 3.05) is 0 Å². The standard InChI is InChI=1S/C14H10F3N3O3S/c15-14(16,17)13-8-11(12-2-1-7-23-12)20(19-13)9-3-5-10(6-4-9)24(18,21)22/h1-8H,(H2,18,21,22). The molecular weight excluding hydrogens is 347 g/mol. The zero-order chi connectivity index (χ0) is 17.5. The molecule has 0 spiro atoms. The monoisotopic (exact) mass is 357 g/mol. The molecule has 2 N–H and O–H groups in total. The first-order chi connectivity index (χ1) is 11.2. The van der Waals surface area contributed by atoms with Crippen LogP contribution in [0.4, 0.5) is 13.2 Å². The maximum atomic E-state index is 13.0. The fourth-order valence-corrected chi connectivity index (χ4v) is 2.61. The Morgan fingerprint density at radius 1 is 1.12 bits per heavy atom. The molecule has 1 aromatic carbocycles. The number of furan rings is 1. The Balaban J connectivity index is 2.14. The zero-order valence-electron chi connectivity index (χ0n) is 11.9. The van der Waals surface area contributed by atoms with E-state index in [1.165, 1.54) is 42.7 Å². The van der Waals surface area contributed by atoms with Gasteiger partial charge in [-0.3, -0.25) is 0 Å². The third-order valence-corrected chi connectivity index (χ3v) is 4.11. The van der Waals surface area contributed by atoms with E-state index in [0.29, 0.717) is 0 Å². The number of hydrogen-bond donors (Lipinski definition) is 1. The molecule has 0 aliphatic carbocycles. The minimum atomic E-state index is -4.63. The van der Waals surface area contributed by atoms with Crippen molar-refractivity contribution < 1.29 is 26.0 Å².